The van der Waals surface area contributed by atoms with Crippen LogP contribution in [0.2, 0.25) is 5.02 Å². The SMILES string of the molecule is CC(C)(C)c1cc(NC(=O)C2CCN(c3ccc(Cl)cn3)CC2)n(Cc2ccccc2)n1. The van der Waals surface area contributed by atoms with E-state index in [0.717, 1.165) is 48.8 Å². The van der Waals surface area contributed by atoms with Crippen LogP contribution in [0.4, 0.5) is 11.6 Å². The molecular weight excluding hydrogens is 422 g/mol. The molecule has 3 aromatic rings. The first-order valence-electron chi connectivity index (χ1n) is 11.1. The summed E-state index contributed by atoms with van der Waals surface area (Å²) in [7, 11) is 0. The van der Waals surface area contributed by atoms with E-state index >= 15 is 0 Å². The lowest BCUT2D eigenvalue weighted by molar-refractivity contribution is -0.120. The molecule has 1 aromatic carbocycles. The van der Waals surface area contributed by atoms with Crippen LogP contribution in [0.1, 0.15) is 44.9 Å². The van der Waals surface area contributed by atoms with Crippen molar-refractivity contribution in [1.29, 1.82) is 0 Å². The third-order valence-electron chi connectivity index (χ3n) is 5.88. The predicted octanol–water partition coefficient (Wildman–Crippen LogP) is 5.13. The van der Waals surface area contributed by atoms with Crippen molar-refractivity contribution in [3.63, 3.8) is 0 Å². The van der Waals surface area contributed by atoms with Gasteiger partial charge in [-0.05, 0) is 30.5 Å². The first kappa shape index (κ1) is 22.3. The van der Waals surface area contributed by atoms with Gasteiger partial charge < -0.3 is 10.2 Å². The number of carbonyl (C=O) groups is 1. The summed E-state index contributed by atoms with van der Waals surface area (Å²) in [6, 6.07) is 16.0. The fraction of sp³-hybridized carbons (Fsp3) is 0.400. The maximum Gasteiger partial charge on any atom is 0.228 e. The summed E-state index contributed by atoms with van der Waals surface area (Å²) >= 11 is 5.94. The molecule has 4 rings (SSSR count). The lowest BCUT2D eigenvalue weighted by Crippen LogP contribution is -2.38. The van der Waals surface area contributed by atoms with E-state index in [1.54, 1.807) is 6.20 Å². The Balaban J connectivity index is 1.44. The summed E-state index contributed by atoms with van der Waals surface area (Å²) in [6.45, 7) is 8.61. The zero-order valence-corrected chi connectivity index (χ0v) is 19.6. The van der Waals surface area contributed by atoms with E-state index < -0.39 is 0 Å². The number of pyridine rings is 1. The maximum absolute atomic E-state index is 13.1. The third kappa shape index (κ3) is 5.30. The Morgan fingerprint density at radius 2 is 1.84 bits per heavy atom. The fourth-order valence-electron chi connectivity index (χ4n) is 3.91. The molecule has 7 heteroatoms. The molecule has 1 aliphatic rings. The van der Waals surface area contributed by atoms with Crippen LogP contribution in [-0.4, -0.2) is 33.8 Å². The van der Waals surface area contributed by atoms with Gasteiger partial charge in [-0.3, -0.25) is 4.79 Å². The van der Waals surface area contributed by atoms with Gasteiger partial charge in [0.25, 0.3) is 0 Å². The van der Waals surface area contributed by atoms with E-state index in [1.165, 1.54) is 0 Å². The summed E-state index contributed by atoms with van der Waals surface area (Å²) < 4.78 is 1.90. The van der Waals surface area contributed by atoms with E-state index in [2.05, 4.69) is 48.1 Å². The molecule has 0 unspecified atom stereocenters. The number of benzene rings is 1. The Morgan fingerprint density at radius 1 is 1.12 bits per heavy atom. The fourth-order valence-corrected chi connectivity index (χ4v) is 4.03. The van der Waals surface area contributed by atoms with Gasteiger partial charge in [0, 0.05) is 36.7 Å². The van der Waals surface area contributed by atoms with Crippen LogP contribution < -0.4 is 10.2 Å². The Hall–Kier alpha value is -2.86. The quantitative estimate of drug-likeness (QED) is 0.583. The Kier molecular flexibility index (Phi) is 6.51. The molecule has 2 aromatic heterocycles. The minimum Gasteiger partial charge on any atom is -0.357 e. The molecule has 0 bridgehead atoms. The number of hydrogen-bond donors (Lipinski definition) is 1. The van der Waals surface area contributed by atoms with Crippen molar-refractivity contribution in [3.05, 3.63) is 71.0 Å². The number of rotatable bonds is 5. The summed E-state index contributed by atoms with van der Waals surface area (Å²) in [5, 5.41) is 8.60. The Morgan fingerprint density at radius 3 is 2.47 bits per heavy atom. The van der Waals surface area contributed by atoms with Crippen LogP contribution in [0, 0.1) is 5.92 Å². The van der Waals surface area contributed by atoms with E-state index in [9.17, 15) is 4.79 Å². The van der Waals surface area contributed by atoms with Gasteiger partial charge in [-0.2, -0.15) is 5.10 Å². The topological polar surface area (TPSA) is 63.1 Å². The highest BCUT2D eigenvalue weighted by molar-refractivity contribution is 6.30. The van der Waals surface area contributed by atoms with Gasteiger partial charge in [0.05, 0.1) is 17.3 Å². The summed E-state index contributed by atoms with van der Waals surface area (Å²) in [6.07, 6.45) is 3.24. The Labute approximate surface area is 194 Å². The van der Waals surface area contributed by atoms with Crippen molar-refractivity contribution >= 4 is 29.1 Å². The molecule has 1 fully saturated rings. The van der Waals surface area contributed by atoms with Gasteiger partial charge in [-0.25, -0.2) is 9.67 Å². The van der Waals surface area contributed by atoms with Crippen LogP contribution in [0.15, 0.2) is 54.7 Å². The van der Waals surface area contributed by atoms with Crippen LogP contribution in [0.3, 0.4) is 0 Å². The number of halogens is 1. The van der Waals surface area contributed by atoms with E-state index in [4.69, 9.17) is 16.7 Å². The molecule has 6 nitrogen and oxygen atoms in total. The molecule has 0 atom stereocenters. The largest absolute Gasteiger partial charge is 0.357 e. The average Bonchev–Trinajstić information content (AvgIpc) is 3.18. The van der Waals surface area contributed by atoms with E-state index in [-0.39, 0.29) is 17.2 Å². The molecule has 0 spiro atoms. The number of nitrogens with zero attached hydrogens (tertiary/aromatic N) is 4. The van der Waals surface area contributed by atoms with Crippen molar-refractivity contribution in [2.45, 2.75) is 45.6 Å². The number of amides is 1. The Bertz CT molecular complexity index is 1050. The first-order chi connectivity index (χ1) is 15.3. The van der Waals surface area contributed by atoms with Crippen LogP contribution >= 0.6 is 11.6 Å². The van der Waals surface area contributed by atoms with Crippen molar-refractivity contribution in [3.8, 4) is 0 Å². The lowest BCUT2D eigenvalue weighted by Gasteiger charge is -2.32. The summed E-state index contributed by atoms with van der Waals surface area (Å²) in [4.78, 5) is 19.7. The van der Waals surface area contributed by atoms with Crippen LogP contribution in [0.25, 0.3) is 0 Å². The molecular formula is C25H30ClN5O. The zero-order chi connectivity index (χ0) is 22.7. The van der Waals surface area contributed by atoms with Crippen molar-refractivity contribution in [2.75, 3.05) is 23.3 Å². The molecule has 1 aliphatic heterocycles. The summed E-state index contributed by atoms with van der Waals surface area (Å²) in [5.41, 5.74) is 2.01. The van der Waals surface area contributed by atoms with Crippen molar-refractivity contribution in [2.24, 2.45) is 5.92 Å². The number of piperidine rings is 1. The second-order valence-corrected chi connectivity index (χ2v) is 9.83. The van der Waals surface area contributed by atoms with Gasteiger partial charge in [0.1, 0.15) is 11.6 Å². The normalized spacial score (nSPS) is 15.1. The smallest absolute Gasteiger partial charge is 0.228 e. The molecule has 32 heavy (non-hydrogen) atoms. The molecule has 0 saturated carbocycles. The van der Waals surface area contributed by atoms with Gasteiger partial charge in [-0.1, -0.05) is 62.7 Å². The zero-order valence-electron chi connectivity index (χ0n) is 18.9. The minimum absolute atomic E-state index is 0.0308. The second kappa shape index (κ2) is 9.33. The number of hydrogen-bond acceptors (Lipinski definition) is 4. The number of anilines is 2. The number of nitrogens with one attached hydrogen (secondary N) is 1. The molecule has 3 heterocycles. The number of aromatic nitrogens is 3. The molecule has 1 saturated heterocycles. The van der Waals surface area contributed by atoms with E-state index in [0.29, 0.717) is 11.6 Å². The van der Waals surface area contributed by atoms with Crippen molar-refractivity contribution < 1.29 is 4.79 Å². The van der Waals surface area contributed by atoms with Gasteiger partial charge >= 0.3 is 0 Å². The molecule has 0 aliphatic carbocycles. The minimum atomic E-state index is -0.0989. The van der Waals surface area contributed by atoms with E-state index in [1.807, 2.05) is 41.1 Å². The van der Waals surface area contributed by atoms with Crippen molar-refractivity contribution in [1.82, 2.24) is 14.8 Å². The molecule has 1 N–H and O–H groups in total. The highest BCUT2D eigenvalue weighted by Gasteiger charge is 2.27. The second-order valence-electron chi connectivity index (χ2n) is 9.39. The van der Waals surface area contributed by atoms with Gasteiger partial charge in [0.2, 0.25) is 5.91 Å². The third-order valence-corrected chi connectivity index (χ3v) is 6.10. The maximum atomic E-state index is 13.1. The highest BCUT2D eigenvalue weighted by Crippen LogP contribution is 2.27. The van der Waals surface area contributed by atoms with Crippen LogP contribution in [0.5, 0.6) is 0 Å². The first-order valence-corrected chi connectivity index (χ1v) is 11.5. The van der Waals surface area contributed by atoms with Crippen LogP contribution in [-0.2, 0) is 16.8 Å². The standard InChI is InChI=1S/C25H30ClN5O/c1-25(2,3)21-15-23(31(29-21)17-18-7-5-4-6-8-18)28-24(32)19-11-13-30(14-12-19)22-10-9-20(26)16-27-22/h4-10,15-16,19H,11-14,17H2,1-3H3,(H,28,32). The molecule has 168 valence electrons. The summed E-state index contributed by atoms with van der Waals surface area (Å²) in [5.74, 6) is 1.69. The average molecular weight is 452 g/mol. The van der Waals surface area contributed by atoms with Gasteiger partial charge in [0.15, 0.2) is 0 Å². The van der Waals surface area contributed by atoms with Gasteiger partial charge in [-0.15, -0.1) is 0 Å². The monoisotopic (exact) mass is 451 g/mol. The highest BCUT2D eigenvalue weighted by atomic mass is 35.5. The number of carbonyl (C=O) groups excluding carboxylic acids is 1. The molecule has 0 radical (unpaired) electrons. The molecule has 1 amide bonds. The predicted molar refractivity (Wildman–Crippen MR) is 129 cm³/mol. The lowest BCUT2D eigenvalue weighted by atomic mass is 9.92.